The van der Waals surface area contributed by atoms with Gasteiger partial charge in [-0.05, 0) is 24.6 Å². The Hall–Kier alpha value is -1.39. The molecule has 0 aliphatic carbocycles. The van der Waals surface area contributed by atoms with Crippen molar-refractivity contribution in [2.24, 2.45) is 0 Å². The van der Waals surface area contributed by atoms with E-state index >= 15 is 0 Å². The van der Waals surface area contributed by atoms with Crippen molar-refractivity contribution >= 4 is 11.6 Å². The zero-order valence-corrected chi connectivity index (χ0v) is 10.3. The molecular formula is C12H14ClN3O. The molecule has 0 amide bonds. The summed E-state index contributed by atoms with van der Waals surface area (Å²) in [7, 11) is 0. The summed E-state index contributed by atoms with van der Waals surface area (Å²) in [5, 5.41) is 10.5. The Morgan fingerprint density at radius 3 is 2.94 bits per heavy atom. The predicted molar refractivity (Wildman–Crippen MR) is 65.8 cm³/mol. The van der Waals surface area contributed by atoms with Crippen LogP contribution < -0.4 is 0 Å². The Morgan fingerprint density at radius 2 is 2.24 bits per heavy atom. The van der Waals surface area contributed by atoms with Crippen molar-refractivity contribution < 1.29 is 5.11 Å². The molecule has 2 heterocycles. The molecule has 0 fully saturated rings. The van der Waals surface area contributed by atoms with E-state index in [1.165, 1.54) is 0 Å². The van der Waals surface area contributed by atoms with Crippen molar-refractivity contribution in [1.82, 2.24) is 14.5 Å². The third-order valence-corrected chi connectivity index (χ3v) is 2.86. The van der Waals surface area contributed by atoms with Gasteiger partial charge >= 0.3 is 0 Å². The van der Waals surface area contributed by atoms with E-state index in [1.807, 2.05) is 17.7 Å². The Balaban J connectivity index is 2.14. The van der Waals surface area contributed by atoms with Gasteiger partial charge in [0, 0.05) is 31.6 Å². The predicted octanol–water partition coefficient (Wildman–Crippen LogP) is 2.23. The first-order valence-electron chi connectivity index (χ1n) is 5.50. The minimum Gasteiger partial charge on any atom is -0.388 e. The highest BCUT2D eigenvalue weighted by molar-refractivity contribution is 6.29. The topological polar surface area (TPSA) is 50.9 Å². The number of halogens is 1. The first-order valence-corrected chi connectivity index (χ1v) is 5.88. The molecular weight excluding hydrogens is 238 g/mol. The van der Waals surface area contributed by atoms with Crippen LogP contribution in [0.4, 0.5) is 0 Å². The number of hydrogen-bond donors (Lipinski definition) is 1. The van der Waals surface area contributed by atoms with Gasteiger partial charge in [-0.1, -0.05) is 11.6 Å². The zero-order chi connectivity index (χ0) is 12.3. The molecule has 0 aliphatic rings. The number of hydrogen-bond acceptors (Lipinski definition) is 3. The van der Waals surface area contributed by atoms with Crippen LogP contribution in [0.3, 0.4) is 0 Å². The van der Waals surface area contributed by atoms with E-state index in [9.17, 15) is 5.11 Å². The lowest BCUT2D eigenvalue weighted by Gasteiger charge is -2.11. The molecule has 90 valence electrons. The number of imidazole rings is 1. The minimum absolute atomic E-state index is 0.389. The molecule has 0 aliphatic heterocycles. The third kappa shape index (κ3) is 2.84. The lowest BCUT2D eigenvalue weighted by atomic mass is 10.1. The number of aliphatic hydroxyl groups is 1. The van der Waals surface area contributed by atoms with Gasteiger partial charge in [-0.25, -0.2) is 9.97 Å². The van der Waals surface area contributed by atoms with Gasteiger partial charge in [0.15, 0.2) is 0 Å². The van der Waals surface area contributed by atoms with E-state index in [2.05, 4.69) is 9.97 Å². The second kappa shape index (κ2) is 5.29. The number of pyridine rings is 1. The summed E-state index contributed by atoms with van der Waals surface area (Å²) in [6.07, 6.45) is 5.10. The molecule has 2 aromatic rings. The van der Waals surface area contributed by atoms with Gasteiger partial charge in [-0.3, -0.25) is 0 Å². The quantitative estimate of drug-likeness (QED) is 0.848. The Labute approximate surface area is 105 Å². The molecule has 2 aromatic heterocycles. The Kier molecular flexibility index (Phi) is 3.76. The maximum absolute atomic E-state index is 10.1. The highest BCUT2D eigenvalue weighted by atomic mass is 35.5. The molecule has 1 atom stereocenters. The maximum atomic E-state index is 10.1. The van der Waals surface area contributed by atoms with Crippen LogP contribution in [0.5, 0.6) is 0 Å². The van der Waals surface area contributed by atoms with Crippen LogP contribution in [-0.2, 0) is 13.0 Å². The number of aliphatic hydroxyl groups excluding tert-OH is 1. The fraction of sp³-hybridized carbons (Fsp3) is 0.333. The van der Waals surface area contributed by atoms with Crippen molar-refractivity contribution in [3.63, 3.8) is 0 Å². The van der Waals surface area contributed by atoms with E-state index in [-0.39, 0.29) is 0 Å². The molecule has 1 unspecified atom stereocenters. The molecule has 0 bridgehead atoms. The lowest BCUT2D eigenvalue weighted by molar-refractivity contribution is 0.174. The highest BCUT2D eigenvalue weighted by Crippen LogP contribution is 2.19. The Bertz CT molecular complexity index is 498. The van der Waals surface area contributed by atoms with Crippen molar-refractivity contribution in [2.75, 3.05) is 0 Å². The highest BCUT2D eigenvalue weighted by Gasteiger charge is 2.12. The van der Waals surface area contributed by atoms with Gasteiger partial charge in [-0.15, -0.1) is 0 Å². The monoisotopic (exact) mass is 251 g/mol. The molecule has 0 aromatic carbocycles. The van der Waals surface area contributed by atoms with Crippen LogP contribution >= 0.6 is 11.6 Å². The number of aromatic nitrogens is 3. The molecule has 0 saturated carbocycles. The summed E-state index contributed by atoms with van der Waals surface area (Å²) in [5.41, 5.74) is 0.760. The molecule has 4 nitrogen and oxygen atoms in total. The first-order chi connectivity index (χ1) is 8.20. The van der Waals surface area contributed by atoms with Gasteiger partial charge in [0.05, 0.1) is 6.10 Å². The Morgan fingerprint density at radius 1 is 1.41 bits per heavy atom. The van der Waals surface area contributed by atoms with Crippen LogP contribution in [0.1, 0.15) is 24.4 Å². The SMILES string of the molecule is CCn1ccnc1CC(O)c1ccnc(Cl)c1. The normalized spacial score (nSPS) is 12.6. The summed E-state index contributed by atoms with van der Waals surface area (Å²) in [6, 6.07) is 3.43. The first kappa shape index (κ1) is 12.1. The van der Waals surface area contributed by atoms with Crippen LogP contribution in [0, 0.1) is 0 Å². The summed E-state index contributed by atoms with van der Waals surface area (Å²) in [4.78, 5) is 8.12. The fourth-order valence-corrected chi connectivity index (χ4v) is 1.92. The molecule has 0 saturated heterocycles. The molecule has 17 heavy (non-hydrogen) atoms. The van der Waals surface area contributed by atoms with Gasteiger partial charge in [0.2, 0.25) is 0 Å². The van der Waals surface area contributed by atoms with Crippen molar-refractivity contribution in [3.05, 3.63) is 47.3 Å². The fourth-order valence-electron chi connectivity index (χ4n) is 1.73. The lowest BCUT2D eigenvalue weighted by Crippen LogP contribution is -2.08. The number of rotatable bonds is 4. The van der Waals surface area contributed by atoms with Crippen molar-refractivity contribution in [1.29, 1.82) is 0 Å². The average Bonchev–Trinajstić information content (AvgIpc) is 2.76. The summed E-state index contributed by atoms with van der Waals surface area (Å²) in [5.74, 6) is 0.868. The molecule has 0 radical (unpaired) electrons. The second-order valence-electron chi connectivity index (χ2n) is 3.76. The largest absolute Gasteiger partial charge is 0.388 e. The van der Waals surface area contributed by atoms with Crippen LogP contribution in [0.25, 0.3) is 0 Å². The van der Waals surface area contributed by atoms with Crippen molar-refractivity contribution in [2.45, 2.75) is 26.0 Å². The smallest absolute Gasteiger partial charge is 0.129 e. The zero-order valence-electron chi connectivity index (χ0n) is 9.55. The van der Waals surface area contributed by atoms with Crippen LogP contribution in [0.15, 0.2) is 30.7 Å². The number of nitrogens with zero attached hydrogens (tertiary/aromatic N) is 3. The van der Waals surface area contributed by atoms with Crippen molar-refractivity contribution in [3.8, 4) is 0 Å². The third-order valence-electron chi connectivity index (χ3n) is 2.65. The average molecular weight is 252 g/mol. The van der Waals surface area contributed by atoms with Gasteiger partial charge in [0.1, 0.15) is 11.0 Å². The van der Waals surface area contributed by atoms with Crippen LogP contribution in [0.2, 0.25) is 5.15 Å². The summed E-state index contributed by atoms with van der Waals surface area (Å²) in [6.45, 7) is 2.89. The molecule has 1 N–H and O–H groups in total. The van der Waals surface area contributed by atoms with E-state index in [1.54, 1.807) is 24.5 Å². The van der Waals surface area contributed by atoms with E-state index in [0.717, 1.165) is 17.9 Å². The summed E-state index contributed by atoms with van der Waals surface area (Å²) >= 11 is 5.79. The second-order valence-corrected chi connectivity index (χ2v) is 4.15. The molecule has 5 heteroatoms. The molecule has 0 spiro atoms. The minimum atomic E-state index is -0.608. The van der Waals surface area contributed by atoms with E-state index < -0.39 is 6.10 Å². The van der Waals surface area contributed by atoms with E-state index in [4.69, 9.17) is 11.6 Å². The standard InChI is InChI=1S/C12H14ClN3O/c1-2-16-6-5-15-12(16)8-10(17)9-3-4-14-11(13)7-9/h3-7,10,17H,2,8H2,1H3. The van der Waals surface area contributed by atoms with Gasteiger partial charge in [0.25, 0.3) is 0 Å². The maximum Gasteiger partial charge on any atom is 0.129 e. The van der Waals surface area contributed by atoms with Gasteiger partial charge < -0.3 is 9.67 Å². The number of aryl methyl sites for hydroxylation is 1. The van der Waals surface area contributed by atoms with Gasteiger partial charge in [-0.2, -0.15) is 0 Å². The van der Waals surface area contributed by atoms with Crippen LogP contribution in [-0.4, -0.2) is 19.6 Å². The summed E-state index contributed by atoms with van der Waals surface area (Å²) < 4.78 is 2.01. The van der Waals surface area contributed by atoms with E-state index in [0.29, 0.717) is 11.6 Å². The molecule has 2 rings (SSSR count).